The molecule has 116 valence electrons. The van der Waals surface area contributed by atoms with Crippen LogP contribution in [-0.4, -0.2) is 12.0 Å². The van der Waals surface area contributed by atoms with Crippen LogP contribution in [0.5, 0.6) is 5.75 Å². The molecule has 0 saturated carbocycles. The van der Waals surface area contributed by atoms with Crippen molar-refractivity contribution >= 4 is 39.1 Å². The largest absolute Gasteiger partial charge is 0.479 e. The Hall–Kier alpha value is -1.59. The average molecular weight is 387 g/mol. The third kappa shape index (κ3) is 3.99. The van der Waals surface area contributed by atoms with Crippen molar-refractivity contribution in [3.05, 3.63) is 57.3 Å². The van der Waals surface area contributed by atoms with E-state index in [-0.39, 0.29) is 5.69 Å². The summed E-state index contributed by atoms with van der Waals surface area (Å²) in [5, 5.41) is 2.89. The number of aryl methyl sites for hydroxylation is 1. The summed E-state index contributed by atoms with van der Waals surface area (Å²) < 4.78 is 20.0. The number of rotatable bonds is 4. The molecule has 1 atom stereocenters. The van der Waals surface area contributed by atoms with Crippen molar-refractivity contribution in [2.75, 3.05) is 5.32 Å². The van der Waals surface area contributed by atoms with E-state index in [2.05, 4.69) is 21.2 Å². The standard InChI is InChI=1S/C16H14BrClFNO2/c1-9-7-11(17)8-12(18)15(9)22-10(2)16(21)20-14-6-4-3-5-13(14)19/h3-8,10H,1-2H3,(H,20,21)/t10-/m0/s1. The molecule has 0 bridgehead atoms. The minimum absolute atomic E-state index is 0.113. The van der Waals surface area contributed by atoms with Crippen LogP contribution in [0.2, 0.25) is 5.02 Å². The highest BCUT2D eigenvalue weighted by Crippen LogP contribution is 2.32. The van der Waals surface area contributed by atoms with Crippen LogP contribution < -0.4 is 10.1 Å². The Kier molecular flexibility index (Phi) is 5.42. The number of hydrogen-bond acceptors (Lipinski definition) is 2. The molecule has 1 amide bonds. The van der Waals surface area contributed by atoms with Crippen LogP contribution in [0.4, 0.5) is 10.1 Å². The summed E-state index contributed by atoms with van der Waals surface area (Å²) >= 11 is 9.46. The van der Waals surface area contributed by atoms with E-state index in [0.29, 0.717) is 10.8 Å². The van der Waals surface area contributed by atoms with E-state index in [1.54, 1.807) is 25.1 Å². The third-order valence-corrected chi connectivity index (χ3v) is 3.73. The summed E-state index contributed by atoms with van der Waals surface area (Å²) in [5.41, 5.74) is 0.909. The second-order valence-corrected chi connectivity index (χ2v) is 6.09. The van der Waals surface area contributed by atoms with E-state index in [1.165, 1.54) is 12.1 Å². The normalized spacial score (nSPS) is 11.9. The van der Waals surface area contributed by atoms with Crippen LogP contribution >= 0.6 is 27.5 Å². The molecule has 2 aromatic carbocycles. The van der Waals surface area contributed by atoms with E-state index in [9.17, 15) is 9.18 Å². The molecule has 2 rings (SSSR count). The van der Waals surface area contributed by atoms with Crippen molar-refractivity contribution in [3.63, 3.8) is 0 Å². The van der Waals surface area contributed by atoms with E-state index in [1.807, 2.05) is 13.0 Å². The Balaban J connectivity index is 2.11. The van der Waals surface area contributed by atoms with Gasteiger partial charge in [0.15, 0.2) is 6.10 Å². The lowest BCUT2D eigenvalue weighted by Gasteiger charge is -2.17. The summed E-state index contributed by atoms with van der Waals surface area (Å²) in [6.07, 6.45) is -0.822. The Morgan fingerprint density at radius 1 is 1.36 bits per heavy atom. The van der Waals surface area contributed by atoms with Crippen LogP contribution in [-0.2, 0) is 4.79 Å². The summed E-state index contributed by atoms with van der Waals surface area (Å²) in [6, 6.07) is 9.47. The van der Waals surface area contributed by atoms with Crippen molar-refractivity contribution in [1.82, 2.24) is 0 Å². The van der Waals surface area contributed by atoms with Gasteiger partial charge in [0, 0.05) is 4.47 Å². The van der Waals surface area contributed by atoms with Crippen LogP contribution in [0.15, 0.2) is 40.9 Å². The molecular formula is C16H14BrClFNO2. The van der Waals surface area contributed by atoms with Gasteiger partial charge in [-0.25, -0.2) is 4.39 Å². The Labute approximate surface area is 141 Å². The number of amides is 1. The molecule has 0 fully saturated rings. The van der Waals surface area contributed by atoms with Gasteiger partial charge in [-0.2, -0.15) is 0 Å². The molecule has 6 heteroatoms. The molecule has 0 aliphatic heterocycles. The van der Waals surface area contributed by atoms with E-state index < -0.39 is 17.8 Å². The molecule has 1 N–H and O–H groups in total. The van der Waals surface area contributed by atoms with Gasteiger partial charge in [-0.05, 0) is 43.7 Å². The first kappa shape index (κ1) is 16.8. The zero-order valence-corrected chi connectivity index (χ0v) is 14.3. The summed E-state index contributed by atoms with van der Waals surface area (Å²) in [4.78, 5) is 12.1. The highest BCUT2D eigenvalue weighted by Gasteiger charge is 2.19. The molecule has 0 heterocycles. The number of ether oxygens (including phenoxy) is 1. The average Bonchev–Trinajstić information content (AvgIpc) is 2.45. The van der Waals surface area contributed by atoms with Crippen molar-refractivity contribution in [2.45, 2.75) is 20.0 Å². The maximum absolute atomic E-state index is 13.5. The molecular weight excluding hydrogens is 373 g/mol. The number of anilines is 1. The molecule has 0 unspecified atom stereocenters. The van der Waals surface area contributed by atoms with Crippen molar-refractivity contribution in [3.8, 4) is 5.75 Å². The topological polar surface area (TPSA) is 38.3 Å². The fraction of sp³-hybridized carbons (Fsp3) is 0.188. The van der Waals surface area contributed by atoms with Crippen LogP contribution in [0.3, 0.4) is 0 Å². The first-order chi connectivity index (χ1) is 10.4. The summed E-state index contributed by atoms with van der Waals surface area (Å²) in [6.45, 7) is 3.40. The Morgan fingerprint density at radius 3 is 2.68 bits per heavy atom. The van der Waals surface area contributed by atoms with Crippen molar-refractivity contribution in [2.24, 2.45) is 0 Å². The molecule has 0 saturated heterocycles. The fourth-order valence-corrected chi connectivity index (χ4v) is 2.88. The quantitative estimate of drug-likeness (QED) is 0.807. The number of benzene rings is 2. The van der Waals surface area contributed by atoms with Gasteiger partial charge in [-0.15, -0.1) is 0 Å². The lowest BCUT2D eigenvalue weighted by Crippen LogP contribution is -2.30. The number of para-hydroxylation sites is 1. The number of carbonyl (C=O) groups excluding carboxylic acids is 1. The smallest absolute Gasteiger partial charge is 0.265 e. The predicted molar refractivity (Wildman–Crippen MR) is 89.0 cm³/mol. The van der Waals surface area contributed by atoms with Crippen LogP contribution in [0.1, 0.15) is 12.5 Å². The van der Waals surface area contributed by atoms with Gasteiger partial charge >= 0.3 is 0 Å². The second-order valence-electron chi connectivity index (χ2n) is 4.76. The summed E-state index contributed by atoms with van der Waals surface area (Å²) in [7, 11) is 0. The number of halogens is 3. The minimum atomic E-state index is -0.822. The maximum atomic E-state index is 13.5. The lowest BCUT2D eigenvalue weighted by molar-refractivity contribution is -0.122. The molecule has 0 aliphatic rings. The number of carbonyl (C=O) groups is 1. The Morgan fingerprint density at radius 2 is 2.05 bits per heavy atom. The lowest BCUT2D eigenvalue weighted by atomic mass is 10.2. The first-order valence-corrected chi connectivity index (χ1v) is 7.73. The maximum Gasteiger partial charge on any atom is 0.265 e. The van der Waals surface area contributed by atoms with Crippen LogP contribution in [0, 0.1) is 12.7 Å². The van der Waals surface area contributed by atoms with E-state index >= 15 is 0 Å². The van der Waals surface area contributed by atoms with Gasteiger partial charge < -0.3 is 10.1 Å². The first-order valence-electron chi connectivity index (χ1n) is 6.56. The van der Waals surface area contributed by atoms with E-state index in [4.69, 9.17) is 16.3 Å². The molecule has 2 aromatic rings. The van der Waals surface area contributed by atoms with Gasteiger partial charge in [0.1, 0.15) is 11.6 Å². The minimum Gasteiger partial charge on any atom is -0.479 e. The molecule has 0 spiro atoms. The fourth-order valence-electron chi connectivity index (χ4n) is 1.87. The molecule has 3 nitrogen and oxygen atoms in total. The molecule has 0 aromatic heterocycles. The van der Waals surface area contributed by atoms with Gasteiger partial charge in [-0.1, -0.05) is 39.7 Å². The number of nitrogens with one attached hydrogen (secondary N) is 1. The monoisotopic (exact) mass is 385 g/mol. The highest BCUT2D eigenvalue weighted by atomic mass is 79.9. The van der Waals surface area contributed by atoms with E-state index in [0.717, 1.165) is 10.0 Å². The molecule has 22 heavy (non-hydrogen) atoms. The van der Waals surface area contributed by atoms with Crippen molar-refractivity contribution in [1.29, 1.82) is 0 Å². The molecule has 0 radical (unpaired) electrons. The van der Waals surface area contributed by atoms with Crippen LogP contribution in [0.25, 0.3) is 0 Å². The summed E-state index contributed by atoms with van der Waals surface area (Å²) in [5.74, 6) is -0.523. The molecule has 0 aliphatic carbocycles. The van der Waals surface area contributed by atoms with Gasteiger partial charge in [0.2, 0.25) is 0 Å². The zero-order valence-electron chi connectivity index (χ0n) is 12.0. The zero-order chi connectivity index (χ0) is 16.3. The number of hydrogen-bond donors (Lipinski definition) is 1. The van der Waals surface area contributed by atoms with Gasteiger partial charge in [0.25, 0.3) is 5.91 Å². The van der Waals surface area contributed by atoms with Gasteiger partial charge in [0.05, 0.1) is 10.7 Å². The Bertz CT molecular complexity index is 685. The second kappa shape index (κ2) is 7.11. The van der Waals surface area contributed by atoms with Crippen molar-refractivity contribution < 1.29 is 13.9 Å². The van der Waals surface area contributed by atoms with Gasteiger partial charge in [-0.3, -0.25) is 4.79 Å². The highest BCUT2D eigenvalue weighted by molar-refractivity contribution is 9.10. The third-order valence-electron chi connectivity index (χ3n) is 2.99. The predicted octanol–water partition coefficient (Wildman–Crippen LogP) is 4.96. The SMILES string of the molecule is Cc1cc(Br)cc(Cl)c1O[C@@H](C)C(=O)Nc1ccccc1F.